The summed E-state index contributed by atoms with van der Waals surface area (Å²) in [5.41, 5.74) is 2.44. The SMILES string of the molecule is CC(C)Oc1ccc(CNC(=O)c2ccc(CN3CC(=O)N4CCCCC4C3=O)cc2)cc1. The number of piperazine rings is 1. The summed E-state index contributed by atoms with van der Waals surface area (Å²) in [6.45, 7) is 5.56. The van der Waals surface area contributed by atoms with Crippen molar-refractivity contribution in [3.8, 4) is 5.75 Å². The Balaban J connectivity index is 1.31. The van der Waals surface area contributed by atoms with Crippen molar-refractivity contribution in [1.82, 2.24) is 15.1 Å². The average molecular weight is 450 g/mol. The number of amides is 3. The van der Waals surface area contributed by atoms with Crippen molar-refractivity contribution < 1.29 is 19.1 Å². The van der Waals surface area contributed by atoms with Crippen LogP contribution in [-0.4, -0.2) is 52.8 Å². The molecule has 2 aliphatic heterocycles. The minimum Gasteiger partial charge on any atom is -0.491 e. The molecule has 0 saturated carbocycles. The molecule has 2 heterocycles. The quantitative estimate of drug-likeness (QED) is 0.705. The Morgan fingerprint density at radius 2 is 1.73 bits per heavy atom. The van der Waals surface area contributed by atoms with Gasteiger partial charge in [0.15, 0.2) is 0 Å². The molecular weight excluding hydrogens is 418 g/mol. The Labute approximate surface area is 194 Å². The normalized spacial score (nSPS) is 18.3. The van der Waals surface area contributed by atoms with Gasteiger partial charge in [0.25, 0.3) is 5.91 Å². The minimum absolute atomic E-state index is 0.0269. The first-order valence-electron chi connectivity index (χ1n) is 11.6. The van der Waals surface area contributed by atoms with Crippen LogP contribution in [-0.2, 0) is 22.7 Å². The van der Waals surface area contributed by atoms with E-state index < -0.39 is 0 Å². The molecule has 2 aromatic carbocycles. The maximum atomic E-state index is 12.8. The van der Waals surface area contributed by atoms with Crippen molar-refractivity contribution in [2.45, 2.75) is 58.3 Å². The number of fused-ring (bicyclic) bond motifs is 1. The smallest absolute Gasteiger partial charge is 0.251 e. The predicted octanol–water partition coefficient (Wildman–Crippen LogP) is 3.13. The molecule has 33 heavy (non-hydrogen) atoms. The van der Waals surface area contributed by atoms with Crippen LogP contribution in [0.2, 0.25) is 0 Å². The lowest BCUT2D eigenvalue weighted by molar-refractivity contribution is -0.158. The summed E-state index contributed by atoms with van der Waals surface area (Å²) in [4.78, 5) is 41.2. The lowest BCUT2D eigenvalue weighted by Gasteiger charge is -2.42. The first-order valence-corrected chi connectivity index (χ1v) is 11.6. The second kappa shape index (κ2) is 10.1. The van der Waals surface area contributed by atoms with Gasteiger partial charge in [-0.2, -0.15) is 0 Å². The average Bonchev–Trinajstić information content (AvgIpc) is 2.82. The summed E-state index contributed by atoms with van der Waals surface area (Å²) in [7, 11) is 0. The highest BCUT2D eigenvalue weighted by Gasteiger charge is 2.40. The van der Waals surface area contributed by atoms with E-state index in [1.807, 2.05) is 50.2 Å². The lowest BCUT2D eigenvalue weighted by Crippen LogP contribution is -2.60. The fourth-order valence-corrected chi connectivity index (χ4v) is 4.39. The van der Waals surface area contributed by atoms with E-state index in [1.54, 1.807) is 21.9 Å². The van der Waals surface area contributed by atoms with Crippen LogP contribution in [0.1, 0.15) is 54.6 Å². The Bertz CT molecular complexity index is 1000. The van der Waals surface area contributed by atoms with E-state index >= 15 is 0 Å². The highest BCUT2D eigenvalue weighted by atomic mass is 16.5. The highest BCUT2D eigenvalue weighted by molar-refractivity contribution is 5.95. The van der Waals surface area contributed by atoms with Gasteiger partial charge >= 0.3 is 0 Å². The lowest BCUT2D eigenvalue weighted by atomic mass is 9.98. The van der Waals surface area contributed by atoms with Gasteiger partial charge in [0.2, 0.25) is 11.8 Å². The standard InChI is InChI=1S/C26H31N3O4/c1-18(2)33-22-12-8-19(9-13-22)15-27-25(31)21-10-6-20(7-11-21)16-28-17-24(30)29-14-4-3-5-23(29)26(28)32/h6-13,18,23H,3-5,14-17H2,1-2H3,(H,27,31). The zero-order valence-electron chi connectivity index (χ0n) is 19.3. The van der Waals surface area contributed by atoms with E-state index in [-0.39, 0.29) is 36.4 Å². The molecule has 1 N–H and O–H groups in total. The molecule has 2 fully saturated rings. The number of carbonyl (C=O) groups is 3. The van der Waals surface area contributed by atoms with Crippen LogP contribution < -0.4 is 10.1 Å². The van der Waals surface area contributed by atoms with Crippen molar-refractivity contribution >= 4 is 17.7 Å². The number of hydrogen-bond donors (Lipinski definition) is 1. The first kappa shape index (κ1) is 22.8. The second-order valence-electron chi connectivity index (χ2n) is 8.98. The van der Waals surface area contributed by atoms with Gasteiger partial charge in [0.1, 0.15) is 18.3 Å². The molecule has 7 heteroatoms. The van der Waals surface area contributed by atoms with Crippen LogP contribution in [0.4, 0.5) is 0 Å². The van der Waals surface area contributed by atoms with Crippen LogP contribution in [0, 0.1) is 0 Å². The van der Waals surface area contributed by atoms with E-state index in [0.29, 0.717) is 25.2 Å². The molecule has 0 radical (unpaired) electrons. The van der Waals surface area contributed by atoms with Crippen LogP contribution in [0.3, 0.4) is 0 Å². The van der Waals surface area contributed by atoms with Gasteiger partial charge in [-0.1, -0.05) is 24.3 Å². The minimum atomic E-state index is -0.309. The fraction of sp³-hybridized carbons (Fsp3) is 0.423. The van der Waals surface area contributed by atoms with Gasteiger partial charge in [-0.3, -0.25) is 14.4 Å². The van der Waals surface area contributed by atoms with Crippen LogP contribution in [0.5, 0.6) is 5.75 Å². The van der Waals surface area contributed by atoms with Crippen molar-refractivity contribution in [3.63, 3.8) is 0 Å². The van der Waals surface area contributed by atoms with E-state index in [0.717, 1.165) is 36.1 Å². The van der Waals surface area contributed by atoms with Crippen LogP contribution >= 0.6 is 0 Å². The Morgan fingerprint density at radius 3 is 2.42 bits per heavy atom. The maximum Gasteiger partial charge on any atom is 0.251 e. The van der Waals surface area contributed by atoms with E-state index in [4.69, 9.17) is 4.74 Å². The van der Waals surface area contributed by atoms with Crippen molar-refractivity contribution in [2.24, 2.45) is 0 Å². The van der Waals surface area contributed by atoms with E-state index in [2.05, 4.69) is 5.32 Å². The third-order valence-corrected chi connectivity index (χ3v) is 6.08. The summed E-state index contributed by atoms with van der Waals surface area (Å²) in [6, 6.07) is 14.6. The third-order valence-electron chi connectivity index (χ3n) is 6.08. The van der Waals surface area contributed by atoms with Gasteiger partial charge in [0.05, 0.1) is 6.10 Å². The Hall–Kier alpha value is -3.35. The third kappa shape index (κ3) is 5.53. The molecule has 3 amide bonds. The largest absolute Gasteiger partial charge is 0.491 e. The van der Waals surface area contributed by atoms with Gasteiger partial charge in [-0.15, -0.1) is 0 Å². The number of benzene rings is 2. The molecule has 2 saturated heterocycles. The first-order chi connectivity index (χ1) is 15.9. The number of piperidine rings is 1. The number of rotatable bonds is 7. The zero-order valence-corrected chi connectivity index (χ0v) is 19.3. The van der Waals surface area contributed by atoms with E-state index in [1.165, 1.54) is 0 Å². The van der Waals surface area contributed by atoms with Crippen molar-refractivity contribution in [2.75, 3.05) is 13.1 Å². The van der Waals surface area contributed by atoms with Crippen molar-refractivity contribution in [3.05, 3.63) is 65.2 Å². The molecule has 1 atom stereocenters. The summed E-state index contributed by atoms with van der Waals surface area (Å²) in [5.74, 6) is 0.701. The number of carbonyl (C=O) groups excluding carboxylic acids is 3. The Morgan fingerprint density at radius 1 is 1.03 bits per heavy atom. The molecule has 0 bridgehead atoms. The topological polar surface area (TPSA) is 79.0 Å². The molecule has 0 spiro atoms. The number of hydrogen-bond acceptors (Lipinski definition) is 4. The molecule has 0 aliphatic carbocycles. The van der Waals surface area contributed by atoms with Crippen LogP contribution in [0.25, 0.3) is 0 Å². The molecule has 2 aliphatic rings. The summed E-state index contributed by atoms with van der Waals surface area (Å²) in [6.07, 6.45) is 2.81. The van der Waals surface area contributed by atoms with Crippen LogP contribution in [0.15, 0.2) is 48.5 Å². The number of nitrogens with zero attached hydrogens (tertiary/aromatic N) is 2. The van der Waals surface area contributed by atoms with E-state index in [9.17, 15) is 14.4 Å². The summed E-state index contributed by atoms with van der Waals surface area (Å²) < 4.78 is 5.64. The molecule has 0 aromatic heterocycles. The number of ether oxygens (including phenoxy) is 1. The second-order valence-corrected chi connectivity index (χ2v) is 8.98. The fourth-order valence-electron chi connectivity index (χ4n) is 4.39. The molecule has 2 aromatic rings. The van der Waals surface area contributed by atoms with Gasteiger partial charge in [-0.25, -0.2) is 0 Å². The summed E-state index contributed by atoms with van der Waals surface area (Å²) >= 11 is 0. The zero-order chi connectivity index (χ0) is 23.4. The monoisotopic (exact) mass is 449 g/mol. The maximum absolute atomic E-state index is 12.8. The van der Waals surface area contributed by atoms with Gasteiger partial charge < -0.3 is 19.9 Å². The summed E-state index contributed by atoms with van der Waals surface area (Å²) in [5, 5.41) is 2.93. The molecule has 4 rings (SSSR count). The van der Waals surface area contributed by atoms with Gasteiger partial charge in [-0.05, 0) is 68.5 Å². The molecule has 174 valence electrons. The predicted molar refractivity (Wildman–Crippen MR) is 125 cm³/mol. The molecule has 7 nitrogen and oxygen atoms in total. The number of nitrogens with one attached hydrogen (secondary N) is 1. The highest BCUT2D eigenvalue weighted by Crippen LogP contribution is 2.24. The molecule has 1 unspecified atom stereocenters. The molecular formula is C26H31N3O4. The van der Waals surface area contributed by atoms with Crippen molar-refractivity contribution in [1.29, 1.82) is 0 Å². The van der Waals surface area contributed by atoms with Gasteiger partial charge in [0, 0.05) is 25.2 Å². The Kier molecular flexibility index (Phi) is 6.96.